The molecule has 1 heterocycles. The quantitative estimate of drug-likeness (QED) is 0.889. The lowest BCUT2D eigenvalue weighted by Crippen LogP contribution is -2.29. The summed E-state index contributed by atoms with van der Waals surface area (Å²) in [6.45, 7) is 2.00. The van der Waals surface area contributed by atoms with Gasteiger partial charge in [0.05, 0.1) is 13.2 Å². The first-order chi connectivity index (χ1) is 9.63. The van der Waals surface area contributed by atoms with Crippen LogP contribution in [-0.2, 0) is 6.61 Å². The molecule has 108 valence electrons. The third-order valence-corrected chi connectivity index (χ3v) is 3.85. The van der Waals surface area contributed by atoms with Gasteiger partial charge in [0, 0.05) is 24.2 Å². The lowest BCUT2D eigenvalue weighted by Gasteiger charge is -2.19. The maximum Gasteiger partial charge on any atom is 0.254 e. The van der Waals surface area contributed by atoms with Crippen molar-refractivity contribution in [2.24, 2.45) is 0 Å². The number of hydrogen-bond donors (Lipinski definition) is 2. The first-order valence-electron chi connectivity index (χ1n) is 6.65. The molecule has 5 heteroatoms. The van der Waals surface area contributed by atoms with E-state index in [4.69, 9.17) is 11.6 Å². The first kappa shape index (κ1) is 15.0. The molecule has 0 aromatic heterocycles. The van der Waals surface area contributed by atoms with Crippen molar-refractivity contribution in [3.8, 4) is 0 Å². The van der Waals surface area contributed by atoms with Crippen LogP contribution >= 0.6 is 11.6 Å². The van der Waals surface area contributed by atoms with Gasteiger partial charge in [0.25, 0.3) is 5.91 Å². The van der Waals surface area contributed by atoms with Gasteiger partial charge in [0.2, 0.25) is 0 Å². The third-order valence-electron chi connectivity index (χ3n) is 3.47. The minimum Gasteiger partial charge on any atom is -0.392 e. The topological polar surface area (TPSA) is 52.6 Å². The van der Waals surface area contributed by atoms with Gasteiger partial charge in [-0.3, -0.25) is 4.79 Å². The molecule has 1 saturated heterocycles. The molecular formula is C15H19ClN2O2. The Kier molecular flexibility index (Phi) is 5.17. The average molecular weight is 295 g/mol. The molecule has 2 rings (SSSR count). The normalized spacial score (nSPS) is 17.1. The molecule has 1 aromatic rings. The van der Waals surface area contributed by atoms with Gasteiger partial charge < -0.3 is 15.3 Å². The molecular weight excluding hydrogens is 276 g/mol. The number of aliphatic hydroxyl groups is 1. The van der Waals surface area contributed by atoms with Crippen molar-refractivity contribution in [3.05, 3.63) is 46.0 Å². The van der Waals surface area contributed by atoms with E-state index in [2.05, 4.69) is 5.32 Å². The average Bonchev–Trinajstić information content (AvgIpc) is 3.00. The van der Waals surface area contributed by atoms with E-state index in [0.717, 1.165) is 24.5 Å². The second kappa shape index (κ2) is 6.88. The van der Waals surface area contributed by atoms with E-state index in [-0.39, 0.29) is 12.5 Å². The van der Waals surface area contributed by atoms with Crippen molar-refractivity contribution < 1.29 is 9.90 Å². The lowest BCUT2D eigenvalue weighted by molar-refractivity contribution is 0.0805. The maximum atomic E-state index is 12.4. The number of aliphatic hydroxyl groups excluding tert-OH is 1. The molecule has 0 bridgehead atoms. The van der Waals surface area contributed by atoms with Gasteiger partial charge in [-0.1, -0.05) is 29.8 Å². The number of carbonyl (C=O) groups is 1. The van der Waals surface area contributed by atoms with Crippen molar-refractivity contribution in [2.75, 3.05) is 26.7 Å². The van der Waals surface area contributed by atoms with Crippen LogP contribution in [0.25, 0.3) is 0 Å². The second-order valence-corrected chi connectivity index (χ2v) is 5.37. The zero-order chi connectivity index (χ0) is 14.5. The smallest absolute Gasteiger partial charge is 0.254 e. The molecule has 1 aliphatic rings. The third kappa shape index (κ3) is 3.39. The van der Waals surface area contributed by atoms with Crippen LogP contribution in [0.5, 0.6) is 0 Å². The molecule has 1 aliphatic heterocycles. The minimum atomic E-state index is -0.144. The summed E-state index contributed by atoms with van der Waals surface area (Å²) in [5.74, 6) is -0.126. The maximum absolute atomic E-state index is 12.4. The molecule has 0 aliphatic carbocycles. The molecule has 0 unspecified atom stereocenters. The summed E-state index contributed by atoms with van der Waals surface area (Å²) < 4.78 is 0. The highest BCUT2D eigenvalue weighted by atomic mass is 35.5. The number of hydrogen-bond acceptors (Lipinski definition) is 3. The fraction of sp³-hybridized carbons (Fsp3) is 0.400. The van der Waals surface area contributed by atoms with E-state index in [0.29, 0.717) is 17.7 Å². The van der Waals surface area contributed by atoms with Gasteiger partial charge in [0.1, 0.15) is 0 Å². The fourth-order valence-corrected chi connectivity index (χ4v) is 2.60. The molecule has 4 nitrogen and oxygen atoms in total. The molecule has 1 amide bonds. The SMILES string of the molecule is CN(C/C(Cl)=C1/CCNC1)C(=O)c1ccccc1CO. The number of likely N-dealkylation sites (N-methyl/N-ethyl adjacent to an activating group) is 1. The number of nitrogens with zero attached hydrogens (tertiary/aromatic N) is 1. The molecule has 2 N–H and O–H groups in total. The Morgan fingerprint density at radius 1 is 1.45 bits per heavy atom. The standard InChI is InChI=1S/C15H19ClN2O2/c1-18(9-14(16)11-6-7-17-8-11)15(20)13-5-3-2-4-12(13)10-19/h2-5,17,19H,6-10H2,1H3/b14-11+. The Hall–Kier alpha value is -1.36. The summed E-state index contributed by atoms with van der Waals surface area (Å²) in [6, 6.07) is 7.08. The Morgan fingerprint density at radius 3 is 2.85 bits per heavy atom. The van der Waals surface area contributed by atoms with Crippen LogP contribution in [0.1, 0.15) is 22.3 Å². The Balaban J connectivity index is 2.10. The van der Waals surface area contributed by atoms with Crippen molar-refractivity contribution in [2.45, 2.75) is 13.0 Å². The van der Waals surface area contributed by atoms with E-state index in [1.807, 2.05) is 6.07 Å². The van der Waals surface area contributed by atoms with Crippen LogP contribution in [0, 0.1) is 0 Å². The van der Waals surface area contributed by atoms with Crippen LogP contribution in [0.3, 0.4) is 0 Å². The van der Waals surface area contributed by atoms with E-state index in [9.17, 15) is 9.90 Å². The summed E-state index contributed by atoms with van der Waals surface area (Å²) in [6.07, 6.45) is 0.939. The van der Waals surface area contributed by atoms with Gasteiger partial charge in [-0.2, -0.15) is 0 Å². The number of amides is 1. The Morgan fingerprint density at radius 2 is 2.20 bits per heavy atom. The molecule has 20 heavy (non-hydrogen) atoms. The predicted octanol–water partition coefficient (Wildman–Crippen LogP) is 1.74. The predicted molar refractivity (Wildman–Crippen MR) is 79.7 cm³/mol. The van der Waals surface area contributed by atoms with Gasteiger partial charge in [-0.25, -0.2) is 0 Å². The van der Waals surface area contributed by atoms with Crippen LogP contribution in [0.15, 0.2) is 34.9 Å². The Labute approximate surface area is 124 Å². The van der Waals surface area contributed by atoms with Crippen molar-refractivity contribution in [3.63, 3.8) is 0 Å². The van der Waals surface area contributed by atoms with Crippen LogP contribution in [0.4, 0.5) is 0 Å². The highest BCUT2D eigenvalue weighted by molar-refractivity contribution is 6.30. The number of nitrogens with one attached hydrogen (secondary N) is 1. The number of rotatable bonds is 4. The van der Waals surface area contributed by atoms with Crippen molar-refractivity contribution >= 4 is 17.5 Å². The van der Waals surface area contributed by atoms with Gasteiger partial charge in [0.15, 0.2) is 0 Å². The summed E-state index contributed by atoms with van der Waals surface area (Å²) >= 11 is 6.28. The fourth-order valence-electron chi connectivity index (χ4n) is 2.26. The summed E-state index contributed by atoms with van der Waals surface area (Å²) in [7, 11) is 1.72. The molecule has 1 aromatic carbocycles. The zero-order valence-corrected chi connectivity index (χ0v) is 12.3. The van der Waals surface area contributed by atoms with E-state index >= 15 is 0 Å². The van der Waals surface area contributed by atoms with Crippen molar-refractivity contribution in [1.82, 2.24) is 10.2 Å². The largest absolute Gasteiger partial charge is 0.392 e. The van der Waals surface area contributed by atoms with E-state index in [1.54, 1.807) is 30.1 Å². The minimum absolute atomic E-state index is 0.126. The molecule has 0 atom stereocenters. The van der Waals surface area contributed by atoms with Crippen molar-refractivity contribution in [1.29, 1.82) is 0 Å². The molecule has 0 spiro atoms. The Bertz CT molecular complexity index is 520. The summed E-state index contributed by atoms with van der Waals surface area (Å²) in [4.78, 5) is 14.0. The van der Waals surface area contributed by atoms with Gasteiger partial charge in [-0.15, -0.1) is 0 Å². The molecule has 1 fully saturated rings. The van der Waals surface area contributed by atoms with Gasteiger partial charge in [-0.05, 0) is 30.2 Å². The summed E-state index contributed by atoms with van der Waals surface area (Å²) in [5.41, 5.74) is 2.33. The molecule has 0 saturated carbocycles. The molecule has 0 radical (unpaired) electrons. The monoisotopic (exact) mass is 294 g/mol. The van der Waals surface area contributed by atoms with E-state index < -0.39 is 0 Å². The number of halogens is 1. The lowest BCUT2D eigenvalue weighted by atomic mass is 10.1. The van der Waals surface area contributed by atoms with Crippen LogP contribution < -0.4 is 5.32 Å². The highest BCUT2D eigenvalue weighted by Gasteiger charge is 2.18. The van der Waals surface area contributed by atoms with Crippen LogP contribution in [-0.4, -0.2) is 42.6 Å². The zero-order valence-electron chi connectivity index (χ0n) is 11.5. The van der Waals surface area contributed by atoms with Gasteiger partial charge >= 0.3 is 0 Å². The van der Waals surface area contributed by atoms with Crippen LogP contribution in [0.2, 0.25) is 0 Å². The van der Waals surface area contributed by atoms with E-state index in [1.165, 1.54) is 5.57 Å². The second-order valence-electron chi connectivity index (χ2n) is 4.91. The summed E-state index contributed by atoms with van der Waals surface area (Å²) in [5, 5.41) is 13.2. The first-order valence-corrected chi connectivity index (χ1v) is 7.02. The highest BCUT2D eigenvalue weighted by Crippen LogP contribution is 2.18. The number of carbonyl (C=O) groups excluding carboxylic acids is 1. The number of benzene rings is 1.